The maximum Gasteiger partial charge on any atom is 0.405 e. The van der Waals surface area contributed by atoms with Gasteiger partial charge in [-0.3, -0.25) is 0 Å². The number of sulfonamides is 1. The van der Waals surface area contributed by atoms with E-state index in [4.69, 9.17) is 5.14 Å². The number of rotatable bonds is 7. The van der Waals surface area contributed by atoms with Crippen molar-refractivity contribution in [3.8, 4) is 0 Å². The Hall–Kier alpha value is -3.25. The fourth-order valence-corrected chi connectivity index (χ4v) is 3.25. The van der Waals surface area contributed by atoms with E-state index in [9.17, 15) is 21.6 Å². The van der Waals surface area contributed by atoms with Crippen LogP contribution in [0.1, 0.15) is 24.2 Å². The van der Waals surface area contributed by atoms with Crippen LogP contribution in [0, 0.1) is 0 Å². The minimum absolute atomic E-state index is 0.0341. The van der Waals surface area contributed by atoms with E-state index in [0.29, 0.717) is 16.8 Å². The molecule has 0 fully saturated rings. The molecule has 0 unspecified atom stereocenters. The molecule has 0 aliphatic heterocycles. The lowest BCUT2D eigenvalue weighted by molar-refractivity contribution is -0.115. The van der Waals surface area contributed by atoms with Gasteiger partial charge in [0.25, 0.3) is 0 Å². The molecule has 0 saturated heterocycles. The van der Waals surface area contributed by atoms with Crippen molar-refractivity contribution in [3.05, 3.63) is 54.2 Å². The van der Waals surface area contributed by atoms with Gasteiger partial charge in [-0.2, -0.15) is 18.2 Å². The van der Waals surface area contributed by atoms with Crippen LogP contribution in [-0.2, 0) is 10.0 Å². The van der Waals surface area contributed by atoms with Crippen LogP contribution >= 0.6 is 0 Å². The number of aromatic nitrogens is 3. The average Bonchev–Trinajstić information content (AvgIpc) is 2.70. The topological polar surface area (TPSA) is 123 Å². The van der Waals surface area contributed by atoms with E-state index in [1.807, 2.05) is 0 Å². The maximum atomic E-state index is 12.7. The normalized spacial score (nSPS) is 13.1. The standard InChI is InChI=1S/C19H19F3N6O2S/c1-3-13-6-9-15-16(26-13)17(24-10-19(20,21)22)28-18(27-15)25-11(2)12-4-7-14(8-5-12)31(23,29)30/h3-9,11H,1,10H2,2H3,(H2,23,29,30)(H2,24,25,27,28)/t11-/m1/s1. The number of benzene rings is 1. The van der Waals surface area contributed by atoms with Crippen LogP contribution in [0.2, 0.25) is 0 Å². The summed E-state index contributed by atoms with van der Waals surface area (Å²) in [6.07, 6.45) is -2.98. The highest BCUT2D eigenvalue weighted by molar-refractivity contribution is 7.89. The van der Waals surface area contributed by atoms with E-state index in [-0.39, 0.29) is 28.2 Å². The molecule has 1 atom stereocenters. The number of pyridine rings is 1. The second kappa shape index (κ2) is 8.47. The lowest BCUT2D eigenvalue weighted by Crippen LogP contribution is -2.22. The molecule has 3 rings (SSSR count). The summed E-state index contributed by atoms with van der Waals surface area (Å²) < 4.78 is 61.0. The summed E-state index contributed by atoms with van der Waals surface area (Å²) in [6.45, 7) is 4.08. The van der Waals surface area contributed by atoms with Crippen LogP contribution in [-0.4, -0.2) is 36.1 Å². The Morgan fingerprint density at radius 2 is 1.81 bits per heavy atom. The highest BCUT2D eigenvalue weighted by atomic mass is 32.2. The molecule has 1 aromatic carbocycles. The molecule has 12 heteroatoms. The van der Waals surface area contributed by atoms with Crippen LogP contribution in [0.4, 0.5) is 24.9 Å². The van der Waals surface area contributed by atoms with Crippen LogP contribution in [0.3, 0.4) is 0 Å². The Morgan fingerprint density at radius 1 is 1.13 bits per heavy atom. The summed E-state index contributed by atoms with van der Waals surface area (Å²) in [5.74, 6) is -0.00125. The van der Waals surface area contributed by atoms with E-state index < -0.39 is 22.7 Å². The van der Waals surface area contributed by atoms with Crippen molar-refractivity contribution in [2.45, 2.75) is 24.0 Å². The van der Waals surface area contributed by atoms with Crippen molar-refractivity contribution >= 4 is 38.9 Å². The lowest BCUT2D eigenvalue weighted by Gasteiger charge is -2.17. The molecule has 0 radical (unpaired) electrons. The molecule has 0 aliphatic rings. The Balaban J connectivity index is 1.93. The Kier molecular flexibility index (Phi) is 6.13. The van der Waals surface area contributed by atoms with E-state index in [2.05, 4.69) is 32.2 Å². The van der Waals surface area contributed by atoms with Gasteiger partial charge in [0.15, 0.2) is 5.82 Å². The summed E-state index contributed by atoms with van der Waals surface area (Å²) in [6, 6.07) is 8.72. The zero-order valence-electron chi connectivity index (χ0n) is 16.3. The number of fused-ring (bicyclic) bond motifs is 1. The molecule has 4 N–H and O–H groups in total. The summed E-state index contributed by atoms with van der Waals surface area (Å²) in [5, 5.41) is 10.4. The molecule has 0 aliphatic carbocycles. The van der Waals surface area contributed by atoms with Gasteiger partial charge in [0.05, 0.1) is 22.1 Å². The van der Waals surface area contributed by atoms with Gasteiger partial charge in [0.2, 0.25) is 16.0 Å². The second-order valence-electron chi connectivity index (χ2n) is 6.65. The Morgan fingerprint density at radius 3 is 2.39 bits per heavy atom. The molecular weight excluding hydrogens is 433 g/mol. The fourth-order valence-electron chi connectivity index (χ4n) is 2.74. The van der Waals surface area contributed by atoms with Crippen molar-refractivity contribution in [1.82, 2.24) is 15.0 Å². The number of anilines is 2. The van der Waals surface area contributed by atoms with Gasteiger partial charge in [-0.05, 0) is 42.8 Å². The number of nitrogens with two attached hydrogens (primary N) is 1. The third-order valence-corrected chi connectivity index (χ3v) is 5.21. The van der Waals surface area contributed by atoms with Crippen LogP contribution in [0.15, 0.2) is 47.9 Å². The molecule has 2 heterocycles. The molecule has 31 heavy (non-hydrogen) atoms. The molecule has 0 spiro atoms. The predicted molar refractivity (Wildman–Crippen MR) is 112 cm³/mol. The molecule has 3 aromatic rings. The predicted octanol–water partition coefficient (Wildman–Crippen LogP) is 3.46. The number of hydrogen-bond donors (Lipinski definition) is 3. The third kappa shape index (κ3) is 5.67. The van der Waals surface area contributed by atoms with Gasteiger partial charge in [-0.1, -0.05) is 18.7 Å². The third-order valence-electron chi connectivity index (χ3n) is 4.28. The number of nitrogens with zero attached hydrogens (tertiary/aromatic N) is 3. The fraction of sp³-hybridized carbons (Fsp3) is 0.211. The van der Waals surface area contributed by atoms with Crippen molar-refractivity contribution < 1.29 is 21.6 Å². The van der Waals surface area contributed by atoms with Gasteiger partial charge >= 0.3 is 6.18 Å². The first-order chi connectivity index (χ1) is 14.5. The van der Waals surface area contributed by atoms with E-state index in [1.54, 1.807) is 31.2 Å². The summed E-state index contributed by atoms with van der Waals surface area (Å²) in [4.78, 5) is 12.7. The quantitative estimate of drug-likeness (QED) is 0.502. The van der Waals surface area contributed by atoms with Crippen LogP contribution in [0.5, 0.6) is 0 Å². The highest BCUT2D eigenvalue weighted by Crippen LogP contribution is 2.25. The van der Waals surface area contributed by atoms with Crippen LogP contribution < -0.4 is 15.8 Å². The molecule has 2 aromatic heterocycles. The van der Waals surface area contributed by atoms with Crippen molar-refractivity contribution in [2.24, 2.45) is 5.14 Å². The average molecular weight is 452 g/mol. The minimum atomic E-state index is -4.45. The molecule has 0 amide bonds. The first kappa shape index (κ1) is 22.4. The first-order valence-corrected chi connectivity index (χ1v) is 10.5. The van der Waals surface area contributed by atoms with Crippen LogP contribution in [0.25, 0.3) is 17.1 Å². The Labute approximate surface area is 176 Å². The van der Waals surface area contributed by atoms with E-state index in [0.717, 1.165) is 0 Å². The van der Waals surface area contributed by atoms with Gasteiger partial charge < -0.3 is 10.6 Å². The highest BCUT2D eigenvalue weighted by Gasteiger charge is 2.27. The number of hydrogen-bond acceptors (Lipinski definition) is 7. The van der Waals surface area contributed by atoms with Crippen molar-refractivity contribution in [3.63, 3.8) is 0 Å². The minimum Gasteiger partial charge on any atom is -0.359 e. The monoisotopic (exact) mass is 452 g/mol. The first-order valence-electron chi connectivity index (χ1n) is 8.97. The molecule has 164 valence electrons. The van der Waals surface area contributed by atoms with E-state index in [1.165, 1.54) is 18.2 Å². The smallest absolute Gasteiger partial charge is 0.359 e. The number of alkyl halides is 3. The zero-order chi connectivity index (χ0) is 22.8. The van der Waals surface area contributed by atoms with E-state index >= 15 is 0 Å². The lowest BCUT2D eigenvalue weighted by atomic mass is 10.1. The van der Waals surface area contributed by atoms with Gasteiger partial charge in [-0.15, -0.1) is 0 Å². The molecule has 0 saturated carbocycles. The van der Waals surface area contributed by atoms with Crippen molar-refractivity contribution in [1.29, 1.82) is 0 Å². The summed E-state index contributed by atoms with van der Waals surface area (Å²) >= 11 is 0. The molecule has 0 bridgehead atoms. The molecular formula is C19H19F3N6O2S. The number of nitrogens with one attached hydrogen (secondary N) is 2. The Bertz CT molecular complexity index is 1210. The summed E-state index contributed by atoms with van der Waals surface area (Å²) in [7, 11) is -3.82. The zero-order valence-corrected chi connectivity index (χ0v) is 17.1. The van der Waals surface area contributed by atoms with Crippen molar-refractivity contribution in [2.75, 3.05) is 17.2 Å². The van der Waals surface area contributed by atoms with Gasteiger partial charge in [0.1, 0.15) is 12.1 Å². The number of primary sulfonamides is 1. The number of halogens is 3. The SMILES string of the molecule is C=Cc1ccc2nc(N[C@H](C)c3ccc(S(N)(=O)=O)cc3)nc(NCC(F)(F)F)c2n1. The maximum absolute atomic E-state index is 12.7. The van der Waals surface area contributed by atoms with Gasteiger partial charge in [-0.25, -0.2) is 23.5 Å². The molecule has 8 nitrogen and oxygen atoms in total. The second-order valence-corrected chi connectivity index (χ2v) is 8.21. The summed E-state index contributed by atoms with van der Waals surface area (Å²) in [5.41, 5.74) is 1.68. The largest absolute Gasteiger partial charge is 0.405 e. The van der Waals surface area contributed by atoms with Gasteiger partial charge in [0, 0.05) is 0 Å².